The van der Waals surface area contributed by atoms with Gasteiger partial charge in [-0.2, -0.15) is 0 Å². The monoisotopic (exact) mass is 247 g/mol. The molecule has 3 heteroatoms. The van der Waals surface area contributed by atoms with E-state index in [-0.39, 0.29) is 0 Å². The minimum atomic E-state index is 0.546. The van der Waals surface area contributed by atoms with Crippen LogP contribution in [0.1, 0.15) is 63.1 Å². The van der Waals surface area contributed by atoms with Crippen LogP contribution in [0.3, 0.4) is 0 Å². The van der Waals surface area contributed by atoms with Crippen LogP contribution in [0.5, 0.6) is 0 Å². The van der Waals surface area contributed by atoms with Gasteiger partial charge in [-0.15, -0.1) is 0 Å². The number of imidazole rings is 1. The van der Waals surface area contributed by atoms with Crippen molar-refractivity contribution in [1.82, 2.24) is 14.9 Å². The Hall–Kier alpha value is -0.830. The average Bonchev–Trinajstić information content (AvgIpc) is 3.09. The van der Waals surface area contributed by atoms with Gasteiger partial charge in [0.15, 0.2) is 0 Å². The van der Waals surface area contributed by atoms with Crippen molar-refractivity contribution in [2.75, 3.05) is 6.54 Å². The van der Waals surface area contributed by atoms with Crippen molar-refractivity contribution < 1.29 is 0 Å². The molecule has 2 heterocycles. The van der Waals surface area contributed by atoms with Gasteiger partial charge in [0, 0.05) is 18.8 Å². The Bertz CT molecular complexity index is 360. The Morgan fingerprint density at radius 3 is 2.78 bits per heavy atom. The van der Waals surface area contributed by atoms with Crippen molar-refractivity contribution in [3.63, 3.8) is 0 Å². The molecule has 3 rings (SSSR count). The molecule has 100 valence electrons. The van der Waals surface area contributed by atoms with Crippen LogP contribution < -0.4 is 5.32 Å². The maximum Gasteiger partial charge on any atom is 0.0948 e. The summed E-state index contributed by atoms with van der Waals surface area (Å²) in [6.07, 6.45) is 15.2. The van der Waals surface area contributed by atoms with Crippen LogP contribution in [-0.4, -0.2) is 16.1 Å². The Balaban J connectivity index is 1.59. The highest BCUT2D eigenvalue weighted by atomic mass is 15.1. The highest BCUT2D eigenvalue weighted by molar-refractivity contribution is 5.06. The Morgan fingerprint density at radius 1 is 1.17 bits per heavy atom. The minimum Gasteiger partial charge on any atom is -0.333 e. The highest BCUT2D eigenvalue weighted by Crippen LogP contribution is 2.29. The fourth-order valence-electron chi connectivity index (χ4n) is 3.53. The molecule has 2 aliphatic rings. The zero-order valence-electron chi connectivity index (χ0n) is 11.3. The number of hydrogen-bond donors (Lipinski definition) is 1. The molecule has 0 aromatic carbocycles. The highest BCUT2D eigenvalue weighted by Gasteiger charge is 2.19. The summed E-state index contributed by atoms with van der Waals surface area (Å²) >= 11 is 0. The standard InChI is InChI=1S/C15H25N3/c1-2-6-13(5-1)8-10-18-12-16-11-15(18)14-7-3-4-9-17-14/h11-14,17H,1-10H2. The molecule has 3 nitrogen and oxygen atoms in total. The second-order valence-corrected chi connectivity index (χ2v) is 5.95. The van der Waals surface area contributed by atoms with Gasteiger partial charge in [-0.25, -0.2) is 4.98 Å². The van der Waals surface area contributed by atoms with E-state index in [1.54, 1.807) is 0 Å². The topological polar surface area (TPSA) is 29.9 Å². The van der Waals surface area contributed by atoms with E-state index in [9.17, 15) is 0 Å². The van der Waals surface area contributed by atoms with Gasteiger partial charge in [0.1, 0.15) is 0 Å². The third-order valence-electron chi connectivity index (χ3n) is 4.66. The van der Waals surface area contributed by atoms with Crippen molar-refractivity contribution in [3.8, 4) is 0 Å². The average molecular weight is 247 g/mol. The van der Waals surface area contributed by atoms with E-state index in [0.29, 0.717) is 6.04 Å². The summed E-state index contributed by atoms with van der Waals surface area (Å²) in [7, 11) is 0. The maximum atomic E-state index is 4.37. The van der Waals surface area contributed by atoms with Crippen LogP contribution in [0.2, 0.25) is 0 Å². The normalized spacial score (nSPS) is 25.7. The second-order valence-electron chi connectivity index (χ2n) is 5.95. The van der Waals surface area contributed by atoms with Crippen molar-refractivity contribution in [3.05, 3.63) is 18.2 Å². The maximum absolute atomic E-state index is 4.37. The predicted octanol–water partition coefficient (Wildman–Crippen LogP) is 3.28. The molecule has 1 aliphatic heterocycles. The fourth-order valence-corrected chi connectivity index (χ4v) is 3.53. The van der Waals surface area contributed by atoms with E-state index >= 15 is 0 Å². The Morgan fingerprint density at radius 2 is 2.00 bits per heavy atom. The first-order chi connectivity index (χ1) is 8.93. The van der Waals surface area contributed by atoms with Crippen molar-refractivity contribution in [2.45, 2.75) is 64.0 Å². The first-order valence-corrected chi connectivity index (χ1v) is 7.67. The molecule has 0 radical (unpaired) electrons. The molecule has 18 heavy (non-hydrogen) atoms. The summed E-state index contributed by atoms with van der Waals surface area (Å²) in [6, 6.07) is 0.546. The summed E-state index contributed by atoms with van der Waals surface area (Å²) in [4.78, 5) is 4.37. The summed E-state index contributed by atoms with van der Waals surface area (Å²) in [5, 5.41) is 3.63. The number of hydrogen-bond acceptors (Lipinski definition) is 2. The zero-order chi connectivity index (χ0) is 12.2. The lowest BCUT2D eigenvalue weighted by Gasteiger charge is -2.24. The quantitative estimate of drug-likeness (QED) is 0.885. The van der Waals surface area contributed by atoms with Gasteiger partial charge < -0.3 is 9.88 Å². The minimum absolute atomic E-state index is 0.546. The predicted molar refractivity (Wildman–Crippen MR) is 73.4 cm³/mol. The molecule has 1 aromatic rings. The SMILES string of the molecule is c1ncn(CCC2CCCC2)c1C1CCCCN1. The number of piperidine rings is 1. The third-order valence-corrected chi connectivity index (χ3v) is 4.66. The second kappa shape index (κ2) is 5.87. The number of nitrogens with one attached hydrogen (secondary N) is 1. The largest absolute Gasteiger partial charge is 0.333 e. The number of aromatic nitrogens is 2. The first-order valence-electron chi connectivity index (χ1n) is 7.67. The molecule has 1 aliphatic carbocycles. The van der Waals surface area contributed by atoms with E-state index in [4.69, 9.17) is 0 Å². The zero-order valence-corrected chi connectivity index (χ0v) is 11.3. The van der Waals surface area contributed by atoms with Gasteiger partial charge in [0.05, 0.1) is 12.0 Å². The van der Waals surface area contributed by atoms with E-state index in [1.807, 2.05) is 6.33 Å². The van der Waals surface area contributed by atoms with Crippen molar-refractivity contribution >= 4 is 0 Å². The molecule has 1 saturated carbocycles. The van der Waals surface area contributed by atoms with Crippen molar-refractivity contribution in [2.24, 2.45) is 5.92 Å². The third kappa shape index (κ3) is 2.77. The van der Waals surface area contributed by atoms with Crippen LogP contribution in [0.15, 0.2) is 12.5 Å². The van der Waals surface area contributed by atoms with Gasteiger partial charge in [-0.3, -0.25) is 0 Å². The first kappa shape index (κ1) is 12.2. The number of nitrogens with zero attached hydrogens (tertiary/aromatic N) is 2. The lowest BCUT2D eigenvalue weighted by molar-refractivity contribution is 0.382. The molecule has 1 N–H and O–H groups in total. The van der Waals surface area contributed by atoms with Crippen LogP contribution in [0.25, 0.3) is 0 Å². The lowest BCUT2D eigenvalue weighted by atomic mass is 10.0. The molecule has 0 spiro atoms. The van der Waals surface area contributed by atoms with Crippen LogP contribution >= 0.6 is 0 Å². The molecule has 2 fully saturated rings. The van der Waals surface area contributed by atoms with Crippen LogP contribution in [0.4, 0.5) is 0 Å². The molecule has 0 amide bonds. The number of rotatable bonds is 4. The van der Waals surface area contributed by atoms with Crippen molar-refractivity contribution in [1.29, 1.82) is 0 Å². The summed E-state index contributed by atoms with van der Waals surface area (Å²) in [6.45, 7) is 2.33. The summed E-state index contributed by atoms with van der Waals surface area (Å²) < 4.78 is 2.39. The Kier molecular flexibility index (Phi) is 3.99. The van der Waals surface area contributed by atoms with E-state index in [2.05, 4.69) is 21.1 Å². The number of aryl methyl sites for hydroxylation is 1. The fraction of sp³-hybridized carbons (Fsp3) is 0.800. The van der Waals surface area contributed by atoms with Gasteiger partial charge in [-0.05, 0) is 31.7 Å². The molecule has 1 unspecified atom stereocenters. The van der Waals surface area contributed by atoms with E-state index in [1.165, 1.54) is 63.6 Å². The van der Waals surface area contributed by atoms with E-state index < -0.39 is 0 Å². The summed E-state index contributed by atoms with van der Waals surface area (Å²) in [5.41, 5.74) is 1.41. The van der Waals surface area contributed by atoms with Gasteiger partial charge in [-0.1, -0.05) is 32.1 Å². The summed E-state index contributed by atoms with van der Waals surface area (Å²) in [5.74, 6) is 0.972. The lowest BCUT2D eigenvalue weighted by Crippen LogP contribution is -2.28. The van der Waals surface area contributed by atoms with E-state index in [0.717, 1.165) is 12.5 Å². The van der Waals surface area contributed by atoms with Crippen LogP contribution in [0, 0.1) is 5.92 Å². The van der Waals surface area contributed by atoms with Crippen LogP contribution in [-0.2, 0) is 6.54 Å². The Labute approximate surface area is 110 Å². The molecule has 1 atom stereocenters. The molecule has 1 aromatic heterocycles. The molecule has 0 bridgehead atoms. The smallest absolute Gasteiger partial charge is 0.0948 e. The molecular weight excluding hydrogens is 222 g/mol. The van der Waals surface area contributed by atoms with Gasteiger partial charge in [0.2, 0.25) is 0 Å². The van der Waals surface area contributed by atoms with Gasteiger partial charge in [0.25, 0.3) is 0 Å². The molecular formula is C15H25N3. The van der Waals surface area contributed by atoms with Gasteiger partial charge >= 0.3 is 0 Å². The molecule has 1 saturated heterocycles.